The summed E-state index contributed by atoms with van der Waals surface area (Å²) in [4.78, 5) is 14.5. The molecule has 128 valence electrons. The summed E-state index contributed by atoms with van der Waals surface area (Å²) < 4.78 is 18.7. The SMILES string of the molecule is CC1CN(C(C)(C)CNC(=O)c2ccc(F)cc2O)CC(C)O1. The van der Waals surface area contributed by atoms with E-state index in [0.717, 1.165) is 25.2 Å². The lowest BCUT2D eigenvalue weighted by Crippen LogP contribution is -2.58. The Hall–Kier alpha value is -1.66. The average molecular weight is 324 g/mol. The second-order valence-corrected chi connectivity index (χ2v) is 6.82. The Kier molecular flexibility index (Phi) is 5.26. The zero-order chi connectivity index (χ0) is 17.2. The van der Waals surface area contributed by atoms with Gasteiger partial charge in [-0.05, 0) is 39.8 Å². The molecular formula is C17H25FN2O3. The highest BCUT2D eigenvalue weighted by Gasteiger charge is 2.33. The first-order valence-electron chi connectivity index (χ1n) is 7.86. The van der Waals surface area contributed by atoms with Gasteiger partial charge in [-0.25, -0.2) is 4.39 Å². The van der Waals surface area contributed by atoms with Gasteiger partial charge in [-0.2, -0.15) is 0 Å². The maximum atomic E-state index is 13.0. The van der Waals surface area contributed by atoms with E-state index in [1.165, 1.54) is 6.07 Å². The molecular weight excluding hydrogens is 299 g/mol. The van der Waals surface area contributed by atoms with Crippen molar-refractivity contribution >= 4 is 5.91 Å². The average Bonchev–Trinajstić information content (AvgIpc) is 2.44. The van der Waals surface area contributed by atoms with Crippen molar-refractivity contribution in [1.82, 2.24) is 10.2 Å². The van der Waals surface area contributed by atoms with Gasteiger partial charge in [0.25, 0.3) is 5.91 Å². The third kappa shape index (κ3) is 4.42. The first kappa shape index (κ1) is 17.7. The Labute approximate surface area is 136 Å². The first-order chi connectivity index (χ1) is 10.7. The van der Waals surface area contributed by atoms with Crippen LogP contribution in [0.4, 0.5) is 4.39 Å². The van der Waals surface area contributed by atoms with E-state index in [1.54, 1.807) is 0 Å². The zero-order valence-corrected chi connectivity index (χ0v) is 14.1. The molecule has 1 fully saturated rings. The number of morpholine rings is 1. The van der Waals surface area contributed by atoms with E-state index in [4.69, 9.17) is 4.74 Å². The molecule has 0 radical (unpaired) electrons. The summed E-state index contributed by atoms with van der Waals surface area (Å²) in [5.41, 5.74) is -0.177. The number of aromatic hydroxyl groups is 1. The number of ether oxygens (including phenoxy) is 1. The molecule has 2 rings (SSSR count). The summed E-state index contributed by atoms with van der Waals surface area (Å²) in [6.07, 6.45) is 0.296. The van der Waals surface area contributed by atoms with Crippen molar-refractivity contribution in [2.45, 2.75) is 45.4 Å². The van der Waals surface area contributed by atoms with Crippen LogP contribution in [-0.2, 0) is 4.74 Å². The molecule has 0 saturated carbocycles. The van der Waals surface area contributed by atoms with Gasteiger partial charge in [0, 0.05) is 31.2 Å². The minimum Gasteiger partial charge on any atom is -0.507 e. The number of rotatable bonds is 4. The van der Waals surface area contributed by atoms with Crippen molar-refractivity contribution in [3.63, 3.8) is 0 Å². The second kappa shape index (κ2) is 6.84. The molecule has 1 saturated heterocycles. The Balaban J connectivity index is 1.99. The number of halogens is 1. The molecule has 0 bridgehead atoms. The third-order valence-corrected chi connectivity index (χ3v) is 4.16. The molecule has 0 spiro atoms. The molecule has 1 aliphatic heterocycles. The molecule has 1 amide bonds. The molecule has 1 heterocycles. The maximum Gasteiger partial charge on any atom is 0.255 e. The Morgan fingerprint density at radius 3 is 2.57 bits per heavy atom. The molecule has 1 aromatic rings. The number of phenols is 1. The van der Waals surface area contributed by atoms with Crippen molar-refractivity contribution in [2.75, 3.05) is 19.6 Å². The van der Waals surface area contributed by atoms with E-state index in [9.17, 15) is 14.3 Å². The monoisotopic (exact) mass is 324 g/mol. The standard InChI is InChI=1S/C17H25FN2O3/c1-11-8-20(9-12(2)23-11)17(3,4)10-19-16(22)14-6-5-13(18)7-15(14)21/h5-7,11-12,21H,8-10H2,1-4H3,(H,19,22). The lowest BCUT2D eigenvalue weighted by molar-refractivity contribution is -0.0948. The van der Waals surface area contributed by atoms with E-state index >= 15 is 0 Å². The van der Waals surface area contributed by atoms with Crippen molar-refractivity contribution in [3.8, 4) is 5.75 Å². The molecule has 6 heteroatoms. The highest BCUT2D eigenvalue weighted by atomic mass is 19.1. The molecule has 23 heavy (non-hydrogen) atoms. The summed E-state index contributed by atoms with van der Waals surface area (Å²) in [5.74, 6) is -1.34. The van der Waals surface area contributed by atoms with E-state index in [0.29, 0.717) is 6.54 Å². The van der Waals surface area contributed by atoms with E-state index in [-0.39, 0.29) is 29.1 Å². The number of benzene rings is 1. The molecule has 1 aromatic carbocycles. The van der Waals surface area contributed by atoms with Gasteiger partial charge in [-0.1, -0.05) is 0 Å². The fraction of sp³-hybridized carbons (Fsp3) is 0.588. The Morgan fingerprint density at radius 2 is 2.00 bits per heavy atom. The molecule has 1 aliphatic rings. The van der Waals surface area contributed by atoms with Crippen LogP contribution in [0, 0.1) is 5.82 Å². The van der Waals surface area contributed by atoms with Gasteiger partial charge in [-0.3, -0.25) is 9.69 Å². The van der Waals surface area contributed by atoms with E-state index < -0.39 is 11.7 Å². The third-order valence-electron chi connectivity index (χ3n) is 4.16. The summed E-state index contributed by atoms with van der Waals surface area (Å²) in [6.45, 7) is 10.2. The van der Waals surface area contributed by atoms with Crippen LogP contribution in [0.5, 0.6) is 5.75 Å². The Bertz CT molecular complexity index is 567. The minimum atomic E-state index is -0.573. The van der Waals surface area contributed by atoms with Crippen LogP contribution < -0.4 is 5.32 Å². The normalized spacial score (nSPS) is 22.8. The highest BCUT2D eigenvalue weighted by Crippen LogP contribution is 2.22. The smallest absolute Gasteiger partial charge is 0.255 e. The predicted octanol–water partition coefficient (Wildman–Crippen LogP) is 2.15. The van der Waals surface area contributed by atoms with Crippen LogP contribution in [0.2, 0.25) is 0 Å². The molecule has 2 N–H and O–H groups in total. The maximum absolute atomic E-state index is 13.0. The number of amides is 1. The van der Waals surface area contributed by atoms with E-state index in [2.05, 4.69) is 24.1 Å². The second-order valence-electron chi connectivity index (χ2n) is 6.82. The van der Waals surface area contributed by atoms with E-state index in [1.807, 2.05) is 13.8 Å². The lowest BCUT2D eigenvalue weighted by Gasteiger charge is -2.45. The van der Waals surface area contributed by atoms with Gasteiger partial charge >= 0.3 is 0 Å². The number of hydrogen-bond acceptors (Lipinski definition) is 4. The number of nitrogens with one attached hydrogen (secondary N) is 1. The van der Waals surface area contributed by atoms with Crippen LogP contribution in [0.15, 0.2) is 18.2 Å². The number of carbonyl (C=O) groups is 1. The lowest BCUT2D eigenvalue weighted by atomic mass is 10.00. The van der Waals surface area contributed by atoms with Gasteiger partial charge in [-0.15, -0.1) is 0 Å². The molecule has 2 unspecified atom stereocenters. The van der Waals surface area contributed by atoms with Crippen LogP contribution in [0.3, 0.4) is 0 Å². The van der Waals surface area contributed by atoms with Crippen molar-refractivity contribution < 1.29 is 19.0 Å². The highest BCUT2D eigenvalue weighted by molar-refractivity contribution is 5.96. The van der Waals surface area contributed by atoms with Crippen molar-refractivity contribution in [2.24, 2.45) is 0 Å². The predicted molar refractivity (Wildman–Crippen MR) is 86.1 cm³/mol. The van der Waals surface area contributed by atoms with Crippen LogP contribution >= 0.6 is 0 Å². The number of phenolic OH excluding ortho intramolecular Hbond substituents is 1. The molecule has 2 atom stereocenters. The largest absolute Gasteiger partial charge is 0.507 e. The quantitative estimate of drug-likeness (QED) is 0.891. The van der Waals surface area contributed by atoms with Gasteiger partial charge in [0.05, 0.1) is 17.8 Å². The fourth-order valence-electron chi connectivity index (χ4n) is 2.87. The number of carbonyl (C=O) groups excluding carboxylic acids is 1. The van der Waals surface area contributed by atoms with Crippen molar-refractivity contribution in [3.05, 3.63) is 29.6 Å². The van der Waals surface area contributed by atoms with Gasteiger partial charge in [0.2, 0.25) is 0 Å². The molecule has 5 nitrogen and oxygen atoms in total. The van der Waals surface area contributed by atoms with Gasteiger partial charge in [0.15, 0.2) is 0 Å². The fourth-order valence-corrected chi connectivity index (χ4v) is 2.87. The topological polar surface area (TPSA) is 61.8 Å². The number of hydrogen-bond donors (Lipinski definition) is 2. The van der Waals surface area contributed by atoms with Crippen LogP contribution in [0.1, 0.15) is 38.1 Å². The van der Waals surface area contributed by atoms with Gasteiger partial charge in [0.1, 0.15) is 11.6 Å². The zero-order valence-electron chi connectivity index (χ0n) is 14.1. The van der Waals surface area contributed by atoms with Gasteiger partial charge < -0.3 is 15.2 Å². The summed E-state index contributed by atoms with van der Waals surface area (Å²) in [5, 5.41) is 12.5. The summed E-state index contributed by atoms with van der Waals surface area (Å²) in [7, 11) is 0. The van der Waals surface area contributed by atoms with Crippen molar-refractivity contribution in [1.29, 1.82) is 0 Å². The minimum absolute atomic E-state index is 0.0749. The molecule has 0 aliphatic carbocycles. The van der Waals surface area contributed by atoms with Crippen LogP contribution in [0.25, 0.3) is 0 Å². The summed E-state index contributed by atoms with van der Waals surface area (Å²) >= 11 is 0. The Morgan fingerprint density at radius 1 is 1.39 bits per heavy atom. The summed E-state index contributed by atoms with van der Waals surface area (Å²) in [6, 6.07) is 3.38. The first-order valence-corrected chi connectivity index (χ1v) is 7.86. The number of nitrogens with zero attached hydrogens (tertiary/aromatic N) is 1. The van der Waals surface area contributed by atoms with Crippen LogP contribution in [-0.4, -0.2) is 53.3 Å². The molecule has 0 aromatic heterocycles.